The molecule has 1 aliphatic heterocycles. The minimum absolute atomic E-state index is 0.210. The van der Waals surface area contributed by atoms with E-state index in [1.54, 1.807) is 0 Å². The van der Waals surface area contributed by atoms with Gasteiger partial charge in [0.1, 0.15) is 18.2 Å². The van der Waals surface area contributed by atoms with E-state index in [1.807, 2.05) is 0 Å². The van der Waals surface area contributed by atoms with Crippen molar-refractivity contribution in [2.45, 2.75) is 38.1 Å². The molecular weight excluding hydrogens is 294 g/mol. The van der Waals surface area contributed by atoms with Crippen molar-refractivity contribution in [1.82, 2.24) is 24.8 Å². The number of piperidine rings is 1. The van der Waals surface area contributed by atoms with E-state index in [-0.39, 0.29) is 5.91 Å². The molecule has 118 valence electrons. The first kappa shape index (κ1) is 15.9. The lowest BCUT2D eigenvalue weighted by Crippen LogP contribution is -2.51. The van der Waals surface area contributed by atoms with Gasteiger partial charge in [0, 0.05) is 19.5 Å². The number of nitrogens with zero attached hydrogens (tertiary/aromatic N) is 3. The van der Waals surface area contributed by atoms with E-state index in [2.05, 4.69) is 20.5 Å². The molecule has 1 aliphatic rings. The van der Waals surface area contributed by atoms with Crippen molar-refractivity contribution in [3.63, 3.8) is 0 Å². The summed E-state index contributed by atoms with van der Waals surface area (Å²) >= 11 is 0. The molecule has 2 heterocycles. The first-order chi connectivity index (χ1) is 9.98. The lowest BCUT2D eigenvalue weighted by Gasteiger charge is -2.32. The second-order valence-corrected chi connectivity index (χ2v) is 7.15. The molecule has 0 radical (unpaired) electrons. The number of carbonyl (C=O) groups excluding carboxylic acids is 1. The molecule has 2 N–H and O–H groups in total. The minimum Gasteiger partial charge on any atom is -0.355 e. The van der Waals surface area contributed by atoms with Crippen LogP contribution in [0.5, 0.6) is 0 Å². The van der Waals surface area contributed by atoms with Gasteiger partial charge in [-0.3, -0.25) is 9.89 Å². The van der Waals surface area contributed by atoms with Crippen LogP contribution in [-0.2, 0) is 21.2 Å². The Bertz CT molecular complexity index is 557. The van der Waals surface area contributed by atoms with Crippen molar-refractivity contribution < 1.29 is 13.2 Å². The fraction of sp³-hybridized carbons (Fsp3) is 0.750. The summed E-state index contributed by atoms with van der Waals surface area (Å²) in [5.41, 5.74) is 0. The third-order valence-electron chi connectivity index (χ3n) is 3.54. The predicted octanol–water partition coefficient (Wildman–Crippen LogP) is -0.332. The van der Waals surface area contributed by atoms with Gasteiger partial charge in [-0.1, -0.05) is 6.42 Å². The van der Waals surface area contributed by atoms with Gasteiger partial charge in [0.25, 0.3) is 0 Å². The largest absolute Gasteiger partial charge is 0.355 e. The predicted molar refractivity (Wildman–Crippen MR) is 76.9 cm³/mol. The van der Waals surface area contributed by atoms with E-state index in [4.69, 9.17) is 0 Å². The van der Waals surface area contributed by atoms with Crippen molar-refractivity contribution in [3.8, 4) is 0 Å². The summed E-state index contributed by atoms with van der Waals surface area (Å²) in [6, 6.07) is -0.570. The minimum atomic E-state index is -3.34. The van der Waals surface area contributed by atoms with E-state index in [9.17, 15) is 13.2 Å². The van der Waals surface area contributed by atoms with Gasteiger partial charge in [0.15, 0.2) is 0 Å². The zero-order valence-electron chi connectivity index (χ0n) is 12.1. The van der Waals surface area contributed by atoms with E-state index in [0.717, 1.165) is 31.3 Å². The lowest BCUT2D eigenvalue weighted by atomic mass is 10.0. The van der Waals surface area contributed by atoms with E-state index in [0.29, 0.717) is 25.9 Å². The summed E-state index contributed by atoms with van der Waals surface area (Å²) in [7, 11) is -3.34. The third-order valence-corrected chi connectivity index (χ3v) is 4.83. The number of sulfonamides is 1. The maximum Gasteiger partial charge on any atom is 0.238 e. The number of aromatic amines is 1. The van der Waals surface area contributed by atoms with Crippen LogP contribution >= 0.6 is 0 Å². The van der Waals surface area contributed by atoms with Crippen LogP contribution in [0.1, 0.15) is 31.5 Å². The quantitative estimate of drug-likeness (QED) is 0.699. The summed E-state index contributed by atoms with van der Waals surface area (Å²) < 4.78 is 24.7. The molecule has 8 nitrogen and oxygen atoms in total. The molecule has 1 saturated heterocycles. The molecule has 0 spiro atoms. The second kappa shape index (κ2) is 6.99. The zero-order valence-corrected chi connectivity index (χ0v) is 12.9. The molecule has 1 aromatic heterocycles. The number of hydrogen-bond donors (Lipinski definition) is 2. The molecule has 0 aliphatic carbocycles. The Morgan fingerprint density at radius 1 is 1.52 bits per heavy atom. The number of aryl methyl sites for hydroxylation is 1. The summed E-state index contributed by atoms with van der Waals surface area (Å²) in [5.74, 6) is 0.567. The number of hydrogen-bond acceptors (Lipinski definition) is 5. The van der Waals surface area contributed by atoms with Gasteiger partial charge in [0.05, 0.1) is 6.26 Å². The number of H-pyrrole nitrogens is 1. The molecule has 1 atom stereocenters. The van der Waals surface area contributed by atoms with Gasteiger partial charge in [-0.25, -0.2) is 13.4 Å². The van der Waals surface area contributed by atoms with Gasteiger partial charge >= 0.3 is 0 Å². The number of nitrogens with one attached hydrogen (secondary N) is 2. The van der Waals surface area contributed by atoms with Crippen LogP contribution in [0.15, 0.2) is 6.33 Å². The van der Waals surface area contributed by atoms with Crippen molar-refractivity contribution in [2.75, 3.05) is 19.3 Å². The van der Waals surface area contributed by atoms with Gasteiger partial charge in [-0.15, -0.1) is 0 Å². The molecule has 0 bridgehead atoms. The average molecular weight is 315 g/mol. The van der Waals surface area contributed by atoms with E-state index >= 15 is 0 Å². The summed E-state index contributed by atoms with van der Waals surface area (Å²) in [5, 5.41) is 9.31. The number of carbonyl (C=O) groups is 1. The van der Waals surface area contributed by atoms with Crippen LogP contribution in [0.4, 0.5) is 0 Å². The van der Waals surface area contributed by atoms with Crippen molar-refractivity contribution in [1.29, 1.82) is 0 Å². The highest BCUT2D eigenvalue weighted by molar-refractivity contribution is 7.88. The highest BCUT2D eigenvalue weighted by atomic mass is 32.2. The Labute approximate surface area is 124 Å². The summed E-state index contributed by atoms with van der Waals surface area (Å²) in [6.07, 6.45) is 6.29. The highest BCUT2D eigenvalue weighted by Crippen LogP contribution is 2.19. The Kier molecular flexibility index (Phi) is 5.29. The maximum atomic E-state index is 12.2. The molecule has 21 heavy (non-hydrogen) atoms. The van der Waals surface area contributed by atoms with Crippen molar-refractivity contribution in [2.24, 2.45) is 0 Å². The van der Waals surface area contributed by atoms with Crippen LogP contribution < -0.4 is 5.32 Å². The van der Waals surface area contributed by atoms with Gasteiger partial charge < -0.3 is 5.32 Å². The maximum absolute atomic E-state index is 12.2. The monoisotopic (exact) mass is 315 g/mol. The summed E-state index contributed by atoms with van der Waals surface area (Å²) in [4.78, 5) is 16.2. The first-order valence-electron chi connectivity index (χ1n) is 7.07. The smallest absolute Gasteiger partial charge is 0.238 e. The van der Waals surface area contributed by atoms with Crippen LogP contribution in [0.3, 0.4) is 0 Å². The van der Waals surface area contributed by atoms with E-state index in [1.165, 1.54) is 10.6 Å². The van der Waals surface area contributed by atoms with E-state index < -0.39 is 16.1 Å². The topological polar surface area (TPSA) is 108 Å². The number of rotatable bonds is 6. The van der Waals surface area contributed by atoms with Gasteiger partial charge in [-0.05, 0) is 19.3 Å². The van der Waals surface area contributed by atoms with Crippen LogP contribution in [-0.4, -0.2) is 59.2 Å². The molecule has 2 rings (SSSR count). The molecule has 0 aromatic carbocycles. The Morgan fingerprint density at radius 3 is 3.00 bits per heavy atom. The van der Waals surface area contributed by atoms with Crippen molar-refractivity contribution >= 4 is 15.9 Å². The standard InChI is InChI=1S/C12H21N5O3S/c1-21(19,20)17-8-3-2-5-10(17)12(18)13-7-4-6-11-14-9-15-16-11/h9-10H,2-8H2,1H3,(H,13,18)(H,14,15,16). The van der Waals surface area contributed by atoms with Crippen LogP contribution in [0.25, 0.3) is 0 Å². The van der Waals surface area contributed by atoms with Gasteiger partial charge in [0.2, 0.25) is 15.9 Å². The van der Waals surface area contributed by atoms with Crippen LogP contribution in [0.2, 0.25) is 0 Å². The van der Waals surface area contributed by atoms with Crippen molar-refractivity contribution in [3.05, 3.63) is 12.2 Å². The number of aromatic nitrogens is 3. The molecule has 1 fully saturated rings. The average Bonchev–Trinajstić information content (AvgIpc) is 2.95. The molecule has 0 saturated carbocycles. The Morgan fingerprint density at radius 2 is 2.33 bits per heavy atom. The second-order valence-electron chi connectivity index (χ2n) is 5.21. The Hall–Kier alpha value is -1.48. The highest BCUT2D eigenvalue weighted by Gasteiger charge is 2.34. The van der Waals surface area contributed by atoms with Gasteiger partial charge in [-0.2, -0.15) is 9.40 Å². The Balaban J connectivity index is 1.81. The SMILES string of the molecule is CS(=O)(=O)N1CCCCC1C(=O)NCCCc1ncn[nH]1. The first-order valence-corrected chi connectivity index (χ1v) is 8.92. The lowest BCUT2D eigenvalue weighted by molar-refractivity contribution is -0.125. The molecule has 1 unspecified atom stereocenters. The fourth-order valence-corrected chi connectivity index (χ4v) is 3.62. The van der Waals surface area contributed by atoms with Crippen LogP contribution in [0, 0.1) is 0 Å². The molecule has 1 aromatic rings. The molecule has 9 heteroatoms. The normalized spacial score (nSPS) is 20.3. The third kappa shape index (κ3) is 4.50. The summed E-state index contributed by atoms with van der Waals surface area (Å²) in [6.45, 7) is 0.919. The molecule has 1 amide bonds. The fourth-order valence-electron chi connectivity index (χ4n) is 2.50. The molecular formula is C12H21N5O3S. The number of amides is 1. The zero-order chi connectivity index (χ0) is 15.3.